The number of nitrogens with two attached hydrogens (primary N) is 1. The van der Waals surface area contributed by atoms with E-state index in [1.807, 2.05) is 31.2 Å². The maximum atomic E-state index is 13.0. The summed E-state index contributed by atoms with van der Waals surface area (Å²) >= 11 is 6.85. The Hall–Kier alpha value is -1.66. The molecular formula is C21H27N2O3PS2. The Labute approximate surface area is 182 Å². The van der Waals surface area contributed by atoms with Crippen molar-refractivity contribution in [1.82, 2.24) is 0 Å². The lowest BCUT2D eigenvalue weighted by atomic mass is 9.99. The fourth-order valence-electron chi connectivity index (χ4n) is 2.61. The third-order valence-electron chi connectivity index (χ3n) is 4.01. The van der Waals surface area contributed by atoms with Gasteiger partial charge in [0.05, 0.1) is 11.5 Å². The number of benzene rings is 2. The van der Waals surface area contributed by atoms with Crippen molar-refractivity contribution in [2.75, 3.05) is 12.4 Å². The number of rotatable bonds is 11. The monoisotopic (exact) mass is 450 g/mol. The third-order valence-corrected chi connectivity index (χ3v) is 8.39. The van der Waals surface area contributed by atoms with Crippen LogP contribution in [-0.2, 0) is 15.5 Å². The lowest BCUT2D eigenvalue weighted by Gasteiger charge is -2.18. The zero-order valence-corrected chi connectivity index (χ0v) is 19.5. The number of aryl methyl sites for hydroxylation is 1. The smallest absolute Gasteiger partial charge is 0.417 e. The van der Waals surface area contributed by atoms with E-state index < -0.39 is 6.80 Å². The van der Waals surface area contributed by atoms with Crippen LogP contribution in [0.1, 0.15) is 43.9 Å². The molecule has 0 saturated heterocycles. The quantitative estimate of drug-likeness (QED) is 0.113. The van der Waals surface area contributed by atoms with E-state index in [0.717, 1.165) is 18.4 Å². The Morgan fingerprint density at radius 2 is 1.86 bits per heavy atom. The fraction of sp³-hybridized carbons (Fsp3) is 0.333. The summed E-state index contributed by atoms with van der Waals surface area (Å²) in [5.41, 5.74) is 3.24. The van der Waals surface area contributed by atoms with E-state index in [9.17, 15) is 4.57 Å². The first-order valence-electron chi connectivity index (χ1n) is 9.57. The summed E-state index contributed by atoms with van der Waals surface area (Å²) in [5.74, 6) is 6.79. The van der Waals surface area contributed by atoms with E-state index >= 15 is 0 Å². The second kappa shape index (κ2) is 11.5. The molecule has 1 atom stereocenters. The first-order chi connectivity index (χ1) is 14.0. The molecule has 2 aromatic rings. The first-order valence-corrected chi connectivity index (χ1v) is 13.1. The second-order valence-corrected chi connectivity index (χ2v) is 10.7. The number of hydrazone groups is 1. The number of hydrogen-bond acceptors (Lipinski definition) is 7. The summed E-state index contributed by atoms with van der Waals surface area (Å²) in [6.45, 7) is 2.91. The maximum Gasteiger partial charge on any atom is 0.440 e. The standard InChI is InChI=1S/C21H27N2O3PS2/c1-4-13-29-27(24,25-6-3)26-19-12-8-10-17(15-19)20(23-22)21(28)18-11-7-9-16(5-2)14-18/h7-12,14-15H,4-6,13,22H2,1-3H3/b23-20+. The van der Waals surface area contributed by atoms with Crippen LogP contribution in [-0.4, -0.2) is 22.9 Å². The van der Waals surface area contributed by atoms with Crippen molar-refractivity contribution in [3.63, 3.8) is 0 Å². The van der Waals surface area contributed by atoms with Crippen LogP contribution >= 0.6 is 30.4 Å². The predicted octanol–water partition coefficient (Wildman–Crippen LogP) is 6.00. The van der Waals surface area contributed by atoms with Crippen molar-refractivity contribution < 1.29 is 13.6 Å². The van der Waals surface area contributed by atoms with Crippen molar-refractivity contribution in [3.8, 4) is 5.75 Å². The summed E-state index contributed by atoms with van der Waals surface area (Å²) < 4.78 is 24.1. The minimum Gasteiger partial charge on any atom is -0.417 e. The maximum absolute atomic E-state index is 13.0. The van der Waals surface area contributed by atoms with Gasteiger partial charge in [-0.3, -0.25) is 4.52 Å². The van der Waals surface area contributed by atoms with E-state index in [0.29, 0.717) is 34.2 Å². The molecule has 1 unspecified atom stereocenters. The molecule has 8 heteroatoms. The van der Waals surface area contributed by atoms with Gasteiger partial charge >= 0.3 is 6.80 Å². The highest BCUT2D eigenvalue weighted by Crippen LogP contribution is 2.60. The zero-order chi connectivity index (χ0) is 21.3. The first kappa shape index (κ1) is 23.6. The highest BCUT2D eigenvalue weighted by molar-refractivity contribution is 8.55. The van der Waals surface area contributed by atoms with Crippen molar-refractivity contribution in [2.45, 2.75) is 33.6 Å². The van der Waals surface area contributed by atoms with E-state index in [4.69, 9.17) is 27.1 Å². The molecule has 2 aromatic carbocycles. The van der Waals surface area contributed by atoms with E-state index in [1.54, 1.807) is 25.1 Å². The van der Waals surface area contributed by atoms with Gasteiger partial charge in [0, 0.05) is 11.3 Å². The Kier molecular flexibility index (Phi) is 9.37. The van der Waals surface area contributed by atoms with Gasteiger partial charge in [-0.1, -0.05) is 62.5 Å². The molecule has 0 aliphatic heterocycles. The van der Waals surface area contributed by atoms with Gasteiger partial charge in [0.15, 0.2) is 0 Å². The molecule has 0 aliphatic rings. The summed E-state index contributed by atoms with van der Waals surface area (Å²) in [4.78, 5) is 0.549. The average Bonchev–Trinajstić information content (AvgIpc) is 2.73. The van der Waals surface area contributed by atoms with Crippen LogP contribution in [0.15, 0.2) is 53.6 Å². The van der Waals surface area contributed by atoms with Crippen molar-refractivity contribution in [1.29, 1.82) is 0 Å². The minimum atomic E-state index is -3.30. The number of hydrogen-bond donors (Lipinski definition) is 1. The molecule has 0 spiro atoms. The van der Waals surface area contributed by atoms with Crippen LogP contribution < -0.4 is 10.4 Å². The van der Waals surface area contributed by atoms with Crippen LogP contribution in [0, 0.1) is 0 Å². The fourth-order valence-corrected chi connectivity index (χ4v) is 6.36. The van der Waals surface area contributed by atoms with Crippen molar-refractivity contribution >= 4 is 41.0 Å². The molecule has 2 rings (SSSR count). The molecule has 0 fully saturated rings. The number of nitrogens with zero attached hydrogens (tertiary/aromatic N) is 1. The van der Waals surface area contributed by atoms with Crippen LogP contribution in [0.5, 0.6) is 5.75 Å². The molecule has 0 heterocycles. The lowest BCUT2D eigenvalue weighted by molar-refractivity contribution is 0.296. The molecule has 0 amide bonds. The van der Waals surface area contributed by atoms with Crippen LogP contribution in [0.2, 0.25) is 0 Å². The SMILES string of the molecule is CCCSP(=O)(OCC)Oc1cccc(/C(=N\N)C(=S)c2cccc(CC)c2)c1. The van der Waals surface area contributed by atoms with Gasteiger partial charge in [0.2, 0.25) is 0 Å². The van der Waals surface area contributed by atoms with Gasteiger partial charge < -0.3 is 10.4 Å². The Morgan fingerprint density at radius 3 is 2.52 bits per heavy atom. The Bertz CT molecular complexity index is 918. The molecule has 0 saturated carbocycles. The van der Waals surface area contributed by atoms with Gasteiger partial charge in [0.25, 0.3) is 0 Å². The third kappa shape index (κ3) is 6.68. The Morgan fingerprint density at radius 1 is 1.14 bits per heavy atom. The van der Waals surface area contributed by atoms with Gasteiger partial charge in [0.1, 0.15) is 11.5 Å². The molecule has 0 aromatic heterocycles. The summed E-state index contributed by atoms with van der Waals surface area (Å²) in [5, 5.41) is 3.93. The van der Waals surface area contributed by atoms with Crippen LogP contribution in [0.25, 0.3) is 0 Å². The Balaban J connectivity index is 2.30. The summed E-state index contributed by atoms with van der Waals surface area (Å²) in [7, 11) is 0. The predicted molar refractivity (Wildman–Crippen MR) is 127 cm³/mol. The second-order valence-electron chi connectivity index (χ2n) is 6.18. The molecule has 156 valence electrons. The topological polar surface area (TPSA) is 73.9 Å². The summed E-state index contributed by atoms with van der Waals surface area (Å²) in [6, 6.07) is 15.1. The summed E-state index contributed by atoms with van der Waals surface area (Å²) in [6.07, 6.45) is 1.79. The molecule has 0 bridgehead atoms. The van der Waals surface area contributed by atoms with E-state index in [-0.39, 0.29) is 0 Å². The number of thiocarbonyl (C=S) groups is 1. The molecular weight excluding hydrogens is 423 g/mol. The lowest BCUT2D eigenvalue weighted by Crippen LogP contribution is -2.17. The van der Waals surface area contributed by atoms with Gasteiger partial charge in [-0.2, -0.15) is 5.10 Å². The molecule has 0 radical (unpaired) electrons. The van der Waals surface area contributed by atoms with Crippen molar-refractivity contribution in [3.05, 3.63) is 65.2 Å². The van der Waals surface area contributed by atoms with E-state index in [2.05, 4.69) is 18.1 Å². The van der Waals surface area contributed by atoms with Gasteiger partial charge in [-0.25, -0.2) is 4.57 Å². The molecule has 29 heavy (non-hydrogen) atoms. The highest BCUT2D eigenvalue weighted by Gasteiger charge is 2.27. The molecule has 0 aliphatic carbocycles. The molecule has 5 nitrogen and oxygen atoms in total. The normalized spacial score (nSPS) is 13.7. The molecule has 2 N–H and O–H groups in total. The van der Waals surface area contributed by atoms with Crippen molar-refractivity contribution in [2.24, 2.45) is 10.9 Å². The van der Waals surface area contributed by atoms with Crippen LogP contribution in [0.4, 0.5) is 0 Å². The largest absolute Gasteiger partial charge is 0.440 e. The van der Waals surface area contributed by atoms with Crippen LogP contribution in [0.3, 0.4) is 0 Å². The minimum absolute atomic E-state index is 0.307. The van der Waals surface area contributed by atoms with E-state index in [1.165, 1.54) is 16.9 Å². The zero-order valence-electron chi connectivity index (χ0n) is 17.0. The highest BCUT2D eigenvalue weighted by atomic mass is 32.7. The average molecular weight is 451 g/mol. The van der Waals surface area contributed by atoms with Gasteiger partial charge in [-0.05, 0) is 54.4 Å². The van der Waals surface area contributed by atoms with Gasteiger partial charge in [-0.15, -0.1) is 0 Å².